The molecule has 2 unspecified atom stereocenters. The highest BCUT2D eigenvalue weighted by Gasteiger charge is 2.29. The minimum Gasteiger partial charge on any atom is -0.497 e. The van der Waals surface area contributed by atoms with Crippen molar-refractivity contribution in [3.8, 4) is 5.75 Å². The van der Waals surface area contributed by atoms with Gasteiger partial charge >= 0.3 is 0 Å². The topological polar surface area (TPSA) is 67.3 Å². The van der Waals surface area contributed by atoms with Crippen LogP contribution in [0.5, 0.6) is 5.75 Å². The maximum absolute atomic E-state index is 12.6. The predicted octanol–water partition coefficient (Wildman–Crippen LogP) is 3.58. The normalized spacial score (nSPS) is 18.9. The Bertz CT molecular complexity index is 1060. The van der Waals surface area contributed by atoms with Crippen LogP contribution in [0, 0.1) is 13.8 Å². The van der Waals surface area contributed by atoms with E-state index in [0.717, 1.165) is 29.8 Å². The molecular weight excluding hydrogens is 364 g/mol. The van der Waals surface area contributed by atoms with E-state index in [4.69, 9.17) is 4.74 Å². The van der Waals surface area contributed by atoms with Crippen molar-refractivity contribution in [2.45, 2.75) is 45.9 Å². The van der Waals surface area contributed by atoms with Gasteiger partial charge in [-0.3, -0.25) is 4.79 Å². The molecule has 2 atom stereocenters. The summed E-state index contributed by atoms with van der Waals surface area (Å²) in [7, 11) is 1.69. The van der Waals surface area contributed by atoms with E-state index >= 15 is 0 Å². The van der Waals surface area contributed by atoms with E-state index < -0.39 is 0 Å². The first-order valence-corrected chi connectivity index (χ1v) is 10.1. The average Bonchev–Trinajstić information content (AvgIpc) is 3.33. The van der Waals surface area contributed by atoms with Crippen molar-refractivity contribution in [2.24, 2.45) is 0 Å². The minimum atomic E-state index is -0.132. The molecule has 1 aliphatic rings. The highest BCUT2D eigenvalue weighted by Crippen LogP contribution is 2.30. The van der Waals surface area contributed by atoms with Crippen LogP contribution in [0.3, 0.4) is 0 Å². The lowest BCUT2D eigenvalue weighted by Gasteiger charge is -2.14. The summed E-state index contributed by atoms with van der Waals surface area (Å²) in [6, 6.07) is 14.3. The number of amides is 1. The van der Waals surface area contributed by atoms with Gasteiger partial charge in [0, 0.05) is 35.7 Å². The van der Waals surface area contributed by atoms with Crippen LogP contribution in [0.2, 0.25) is 0 Å². The molecular formula is C23H28N4O2. The SMILES string of the molecule is CCn1c(C2CC(NC(=O)c3ccc(C)c(C)c3)NN2)cc2ccc(OC)cc21. The molecule has 0 spiro atoms. The Morgan fingerprint density at radius 3 is 2.69 bits per heavy atom. The number of ether oxygens (including phenoxy) is 1. The van der Waals surface area contributed by atoms with Gasteiger partial charge in [0.1, 0.15) is 5.75 Å². The average molecular weight is 393 g/mol. The van der Waals surface area contributed by atoms with Crippen LogP contribution in [0.15, 0.2) is 42.5 Å². The summed E-state index contributed by atoms with van der Waals surface area (Å²) in [6.07, 6.45) is 0.635. The number of aryl methyl sites for hydroxylation is 3. The van der Waals surface area contributed by atoms with E-state index in [0.29, 0.717) is 5.56 Å². The number of methoxy groups -OCH3 is 1. The number of benzene rings is 2. The predicted molar refractivity (Wildman–Crippen MR) is 115 cm³/mol. The summed E-state index contributed by atoms with van der Waals surface area (Å²) in [5.41, 5.74) is 11.9. The van der Waals surface area contributed by atoms with Crippen molar-refractivity contribution < 1.29 is 9.53 Å². The van der Waals surface area contributed by atoms with Crippen molar-refractivity contribution in [2.75, 3.05) is 7.11 Å². The Kier molecular flexibility index (Phi) is 5.30. The minimum absolute atomic E-state index is 0.0613. The summed E-state index contributed by atoms with van der Waals surface area (Å²) in [5.74, 6) is 0.793. The molecule has 152 valence electrons. The van der Waals surface area contributed by atoms with Gasteiger partial charge in [-0.2, -0.15) is 0 Å². The fourth-order valence-corrected chi connectivity index (χ4v) is 3.99. The highest BCUT2D eigenvalue weighted by molar-refractivity contribution is 5.94. The van der Waals surface area contributed by atoms with Crippen molar-refractivity contribution in [3.05, 3.63) is 64.8 Å². The number of rotatable bonds is 5. The van der Waals surface area contributed by atoms with Crippen molar-refractivity contribution >= 4 is 16.8 Å². The van der Waals surface area contributed by atoms with Crippen LogP contribution in [0.4, 0.5) is 0 Å². The van der Waals surface area contributed by atoms with Gasteiger partial charge < -0.3 is 14.6 Å². The molecule has 0 saturated carbocycles. The summed E-state index contributed by atoms with van der Waals surface area (Å²) in [5, 5.41) is 4.28. The van der Waals surface area contributed by atoms with Gasteiger partial charge in [-0.25, -0.2) is 10.9 Å². The molecule has 29 heavy (non-hydrogen) atoms. The van der Waals surface area contributed by atoms with Gasteiger partial charge in [0.25, 0.3) is 5.91 Å². The number of carbonyl (C=O) groups is 1. The Balaban J connectivity index is 1.51. The Morgan fingerprint density at radius 1 is 1.14 bits per heavy atom. The smallest absolute Gasteiger partial charge is 0.252 e. The Hall–Kier alpha value is -2.83. The van der Waals surface area contributed by atoms with Gasteiger partial charge in [0.05, 0.1) is 24.8 Å². The zero-order valence-corrected chi connectivity index (χ0v) is 17.4. The first-order chi connectivity index (χ1) is 14.0. The van der Waals surface area contributed by atoms with Crippen LogP contribution in [-0.2, 0) is 6.54 Å². The quantitative estimate of drug-likeness (QED) is 0.621. The molecule has 0 radical (unpaired) electrons. The van der Waals surface area contributed by atoms with Crippen LogP contribution < -0.4 is 20.9 Å². The summed E-state index contributed by atoms with van der Waals surface area (Å²) < 4.78 is 7.68. The van der Waals surface area contributed by atoms with Crippen LogP contribution >= 0.6 is 0 Å². The number of hydrazine groups is 1. The molecule has 1 amide bonds. The molecule has 3 aromatic rings. The van der Waals surface area contributed by atoms with E-state index in [-0.39, 0.29) is 18.1 Å². The van der Waals surface area contributed by atoms with Crippen LogP contribution in [0.1, 0.15) is 46.6 Å². The zero-order chi connectivity index (χ0) is 20.5. The first-order valence-electron chi connectivity index (χ1n) is 10.1. The highest BCUT2D eigenvalue weighted by atomic mass is 16.5. The largest absolute Gasteiger partial charge is 0.497 e. The van der Waals surface area contributed by atoms with E-state index in [2.05, 4.69) is 45.9 Å². The number of aromatic nitrogens is 1. The van der Waals surface area contributed by atoms with Gasteiger partial charge in [-0.15, -0.1) is 0 Å². The number of nitrogens with one attached hydrogen (secondary N) is 3. The number of hydrogen-bond donors (Lipinski definition) is 3. The molecule has 6 heteroatoms. The Labute approximate surface area is 171 Å². The second-order valence-electron chi connectivity index (χ2n) is 7.64. The van der Waals surface area contributed by atoms with E-state index in [1.807, 2.05) is 38.1 Å². The number of fused-ring (bicyclic) bond motifs is 1. The molecule has 1 fully saturated rings. The molecule has 3 N–H and O–H groups in total. The van der Waals surface area contributed by atoms with E-state index in [1.54, 1.807) is 7.11 Å². The lowest BCUT2D eigenvalue weighted by Crippen LogP contribution is -2.44. The summed E-state index contributed by atoms with van der Waals surface area (Å²) in [6.45, 7) is 7.08. The molecule has 4 rings (SSSR count). The standard InChI is InChI=1S/C23H28N4O2/c1-5-27-20-12-18(29-4)9-8-16(20)11-21(27)19-13-22(26-25-19)24-23(28)17-7-6-14(2)15(3)10-17/h6-12,19,22,25-26H,5,13H2,1-4H3,(H,24,28). The fraction of sp³-hybridized carbons (Fsp3) is 0.348. The van der Waals surface area contributed by atoms with Crippen molar-refractivity contribution in [1.29, 1.82) is 0 Å². The molecule has 0 bridgehead atoms. The van der Waals surface area contributed by atoms with Gasteiger partial charge in [0.15, 0.2) is 0 Å². The van der Waals surface area contributed by atoms with E-state index in [9.17, 15) is 4.79 Å². The Morgan fingerprint density at radius 2 is 1.97 bits per heavy atom. The van der Waals surface area contributed by atoms with Gasteiger partial charge in [-0.1, -0.05) is 6.07 Å². The summed E-state index contributed by atoms with van der Waals surface area (Å²) >= 11 is 0. The number of hydrogen-bond acceptors (Lipinski definition) is 4. The lowest BCUT2D eigenvalue weighted by atomic mass is 10.1. The third kappa shape index (κ3) is 3.73. The fourth-order valence-electron chi connectivity index (χ4n) is 3.99. The zero-order valence-electron chi connectivity index (χ0n) is 17.4. The molecule has 1 aromatic heterocycles. The van der Waals surface area contributed by atoms with Gasteiger partial charge in [0.2, 0.25) is 0 Å². The molecule has 1 saturated heterocycles. The molecule has 2 aromatic carbocycles. The number of nitrogens with zero attached hydrogens (tertiary/aromatic N) is 1. The van der Waals surface area contributed by atoms with E-state index in [1.165, 1.54) is 16.6 Å². The second-order valence-corrected chi connectivity index (χ2v) is 7.64. The second kappa shape index (κ2) is 7.89. The molecule has 1 aliphatic heterocycles. The maximum Gasteiger partial charge on any atom is 0.252 e. The van der Waals surface area contributed by atoms with Crippen molar-refractivity contribution in [1.82, 2.24) is 20.7 Å². The lowest BCUT2D eigenvalue weighted by molar-refractivity contribution is 0.0932. The third-order valence-electron chi connectivity index (χ3n) is 5.79. The van der Waals surface area contributed by atoms with Crippen LogP contribution in [0.25, 0.3) is 10.9 Å². The first kappa shape index (κ1) is 19.5. The maximum atomic E-state index is 12.6. The van der Waals surface area contributed by atoms with Crippen LogP contribution in [-0.4, -0.2) is 23.7 Å². The number of carbonyl (C=O) groups excluding carboxylic acids is 1. The van der Waals surface area contributed by atoms with Gasteiger partial charge in [-0.05, 0) is 62.2 Å². The molecule has 0 aliphatic carbocycles. The molecule has 6 nitrogen and oxygen atoms in total. The monoisotopic (exact) mass is 392 g/mol. The third-order valence-corrected chi connectivity index (χ3v) is 5.79. The summed E-state index contributed by atoms with van der Waals surface area (Å²) in [4.78, 5) is 12.6. The van der Waals surface area contributed by atoms with Crippen molar-refractivity contribution in [3.63, 3.8) is 0 Å². The molecule has 2 heterocycles.